The molecule has 0 radical (unpaired) electrons. The van der Waals surface area contributed by atoms with Crippen LogP contribution in [0.1, 0.15) is 32.6 Å². The summed E-state index contributed by atoms with van der Waals surface area (Å²) in [4.78, 5) is 26.9. The number of hydrogen-bond acceptors (Lipinski definition) is 3. The number of fused-ring (bicyclic) bond motifs is 1. The molecular formula is C13H23N3O3. The predicted octanol–water partition coefficient (Wildman–Crippen LogP) is 0.729. The number of hydrogen-bond donors (Lipinski definition) is 2. The molecule has 2 atom stereocenters. The highest BCUT2D eigenvalue weighted by Gasteiger charge is 2.41. The minimum absolute atomic E-state index is 0.0687. The van der Waals surface area contributed by atoms with Crippen molar-refractivity contribution in [3.8, 4) is 0 Å². The lowest BCUT2D eigenvalue weighted by Gasteiger charge is -2.29. The Labute approximate surface area is 113 Å². The third-order valence-corrected chi connectivity index (χ3v) is 4.00. The minimum Gasteiger partial charge on any atom is -0.481 e. The third kappa shape index (κ3) is 3.18. The molecule has 108 valence electrons. The molecule has 0 saturated carbocycles. The van der Waals surface area contributed by atoms with E-state index in [2.05, 4.69) is 12.2 Å². The smallest absolute Gasteiger partial charge is 0.320 e. The number of nitrogens with one attached hydrogen (secondary N) is 1. The van der Waals surface area contributed by atoms with Crippen molar-refractivity contribution in [2.45, 2.75) is 44.7 Å². The van der Waals surface area contributed by atoms with Gasteiger partial charge in [0, 0.05) is 38.6 Å². The van der Waals surface area contributed by atoms with Crippen LogP contribution in [0.15, 0.2) is 0 Å². The van der Waals surface area contributed by atoms with Gasteiger partial charge in [0.05, 0.1) is 6.04 Å². The van der Waals surface area contributed by atoms with Gasteiger partial charge in [-0.2, -0.15) is 0 Å². The van der Waals surface area contributed by atoms with Crippen LogP contribution in [0.4, 0.5) is 4.79 Å². The Morgan fingerprint density at radius 3 is 2.95 bits per heavy atom. The van der Waals surface area contributed by atoms with Crippen LogP contribution in [0.25, 0.3) is 0 Å². The molecule has 0 aliphatic carbocycles. The van der Waals surface area contributed by atoms with E-state index in [1.165, 1.54) is 0 Å². The van der Waals surface area contributed by atoms with Crippen LogP contribution in [0, 0.1) is 0 Å². The second-order valence-electron chi connectivity index (χ2n) is 5.36. The molecule has 2 amide bonds. The van der Waals surface area contributed by atoms with Crippen LogP contribution in [-0.2, 0) is 4.79 Å². The fourth-order valence-electron chi connectivity index (χ4n) is 3.03. The second-order valence-corrected chi connectivity index (χ2v) is 5.36. The number of piperazine rings is 1. The van der Waals surface area contributed by atoms with E-state index >= 15 is 0 Å². The molecule has 2 aliphatic rings. The number of amides is 2. The summed E-state index contributed by atoms with van der Waals surface area (Å²) in [5, 5.41) is 12.1. The molecule has 0 aromatic heterocycles. The van der Waals surface area contributed by atoms with Crippen LogP contribution in [0.2, 0.25) is 0 Å². The maximum atomic E-state index is 12.4. The average molecular weight is 269 g/mol. The first-order chi connectivity index (χ1) is 9.13. The largest absolute Gasteiger partial charge is 0.481 e. The first-order valence-electron chi connectivity index (χ1n) is 7.13. The minimum atomic E-state index is -0.785. The number of urea groups is 1. The fraction of sp³-hybridized carbons (Fsp3) is 0.846. The first-order valence-corrected chi connectivity index (χ1v) is 7.13. The summed E-state index contributed by atoms with van der Waals surface area (Å²) < 4.78 is 0. The van der Waals surface area contributed by atoms with Crippen molar-refractivity contribution < 1.29 is 14.7 Å². The van der Waals surface area contributed by atoms with Crippen molar-refractivity contribution in [3.05, 3.63) is 0 Å². The predicted molar refractivity (Wildman–Crippen MR) is 71.0 cm³/mol. The quantitative estimate of drug-likeness (QED) is 0.745. The van der Waals surface area contributed by atoms with Crippen molar-refractivity contribution in [1.29, 1.82) is 0 Å². The van der Waals surface area contributed by atoms with Gasteiger partial charge >= 0.3 is 12.0 Å². The molecule has 2 heterocycles. The zero-order valence-electron chi connectivity index (χ0n) is 11.5. The lowest BCUT2D eigenvalue weighted by molar-refractivity contribution is -0.137. The van der Waals surface area contributed by atoms with E-state index in [0.29, 0.717) is 6.42 Å². The number of carbonyl (C=O) groups is 2. The summed E-state index contributed by atoms with van der Waals surface area (Å²) in [6, 6.07) is 0.417. The SMILES string of the molecule is CCCC(CCC(=O)O)N1C[C@@H]2CNCCN2C1=O. The molecule has 0 spiro atoms. The molecule has 19 heavy (non-hydrogen) atoms. The van der Waals surface area contributed by atoms with E-state index < -0.39 is 5.97 Å². The summed E-state index contributed by atoms with van der Waals surface area (Å²) in [5.74, 6) is -0.785. The first kappa shape index (κ1) is 14.1. The molecular weight excluding hydrogens is 246 g/mol. The van der Waals surface area contributed by atoms with Crippen molar-refractivity contribution in [2.75, 3.05) is 26.2 Å². The van der Waals surface area contributed by atoms with Crippen LogP contribution in [-0.4, -0.2) is 65.2 Å². The van der Waals surface area contributed by atoms with Crippen molar-refractivity contribution in [2.24, 2.45) is 0 Å². The lowest BCUT2D eigenvalue weighted by atomic mass is 10.0. The molecule has 0 aromatic rings. The summed E-state index contributed by atoms with van der Waals surface area (Å²) in [7, 11) is 0. The van der Waals surface area contributed by atoms with Crippen molar-refractivity contribution in [1.82, 2.24) is 15.1 Å². The van der Waals surface area contributed by atoms with E-state index in [0.717, 1.165) is 39.0 Å². The average Bonchev–Trinajstić information content (AvgIpc) is 2.72. The Morgan fingerprint density at radius 1 is 1.53 bits per heavy atom. The highest BCUT2D eigenvalue weighted by Crippen LogP contribution is 2.24. The number of carbonyl (C=O) groups excluding carboxylic acids is 1. The number of rotatable bonds is 6. The molecule has 2 aliphatic heterocycles. The monoisotopic (exact) mass is 269 g/mol. The Balaban J connectivity index is 2.00. The normalized spacial score (nSPS) is 24.5. The summed E-state index contributed by atoms with van der Waals surface area (Å²) in [6.45, 7) is 5.26. The van der Waals surface area contributed by atoms with Gasteiger partial charge < -0.3 is 20.2 Å². The zero-order chi connectivity index (χ0) is 13.8. The van der Waals surface area contributed by atoms with Gasteiger partial charge in [-0.25, -0.2) is 4.79 Å². The van der Waals surface area contributed by atoms with Crippen LogP contribution in [0.5, 0.6) is 0 Å². The molecule has 0 aromatic carbocycles. The maximum absolute atomic E-state index is 12.4. The van der Waals surface area contributed by atoms with Gasteiger partial charge in [-0.1, -0.05) is 13.3 Å². The highest BCUT2D eigenvalue weighted by molar-refractivity contribution is 5.78. The zero-order valence-corrected chi connectivity index (χ0v) is 11.5. The topological polar surface area (TPSA) is 72.9 Å². The Kier molecular flexibility index (Phi) is 4.63. The van der Waals surface area contributed by atoms with Gasteiger partial charge in [-0.15, -0.1) is 0 Å². The third-order valence-electron chi connectivity index (χ3n) is 4.00. The molecule has 1 unspecified atom stereocenters. The van der Waals surface area contributed by atoms with Crippen LogP contribution < -0.4 is 5.32 Å². The lowest BCUT2D eigenvalue weighted by Crippen LogP contribution is -2.50. The van der Waals surface area contributed by atoms with E-state index in [9.17, 15) is 9.59 Å². The Bertz CT molecular complexity index is 348. The summed E-state index contributed by atoms with van der Waals surface area (Å²) in [5.41, 5.74) is 0. The Hall–Kier alpha value is -1.30. The van der Waals surface area contributed by atoms with E-state index in [4.69, 9.17) is 5.11 Å². The van der Waals surface area contributed by atoms with E-state index in [-0.39, 0.29) is 24.5 Å². The number of carboxylic acid groups (broad SMARTS) is 1. The number of nitrogens with zero attached hydrogens (tertiary/aromatic N) is 2. The van der Waals surface area contributed by atoms with E-state index in [1.807, 2.05) is 9.80 Å². The number of aliphatic carboxylic acids is 1. The molecule has 2 rings (SSSR count). The van der Waals surface area contributed by atoms with Crippen LogP contribution in [0.3, 0.4) is 0 Å². The highest BCUT2D eigenvalue weighted by atomic mass is 16.4. The second kappa shape index (κ2) is 6.23. The standard InChI is InChI=1S/C13H23N3O3/c1-2-3-10(4-5-12(17)18)16-9-11-8-14-6-7-15(11)13(16)19/h10-11,14H,2-9H2,1H3,(H,17,18)/t10?,11-/m0/s1. The Morgan fingerprint density at radius 2 is 2.32 bits per heavy atom. The molecule has 2 saturated heterocycles. The molecule has 0 bridgehead atoms. The van der Waals surface area contributed by atoms with E-state index in [1.54, 1.807) is 0 Å². The van der Waals surface area contributed by atoms with Gasteiger partial charge in [-0.3, -0.25) is 4.79 Å². The van der Waals surface area contributed by atoms with Gasteiger partial charge in [0.25, 0.3) is 0 Å². The molecule has 6 nitrogen and oxygen atoms in total. The molecule has 2 N–H and O–H groups in total. The van der Waals surface area contributed by atoms with Crippen LogP contribution >= 0.6 is 0 Å². The fourth-order valence-corrected chi connectivity index (χ4v) is 3.03. The van der Waals surface area contributed by atoms with Crippen molar-refractivity contribution >= 4 is 12.0 Å². The van der Waals surface area contributed by atoms with Gasteiger partial charge in [0.2, 0.25) is 0 Å². The van der Waals surface area contributed by atoms with Crippen molar-refractivity contribution in [3.63, 3.8) is 0 Å². The maximum Gasteiger partial charge on any atom is 0.320 e. The summed E-state index contributed by atoms with van der Waals surface area (Å²) >= 11 is 0. The number of carboxylic acids is 1. The van der Waals surface area contributed by atoms with Gasteiger partial charge in [0.1, 0.15) is 0 Å². The van der Waals surface area contributed by atoms with Gasteiger partial charge in [-0.05, 0) is 12.8 Å². The molecule has 2 fully saturated rings. The summed E-state index contributed by atoms with van der Waals surface area (Å²) in [6.07, 6.45) is 2.55. The van der Waals surface area contributed by atoms with Gasteiger partial charge in [0.15, 0.2) is 0 Å². The molecule has 6 heteroatoms.